The van der Waals surface area contributed by atoms with Gasteiger partial charge in [-0.2, -0.15) is 0 Å². The Morgan fingerprint density at radius 2 is 1.92 bits per heavy atom. The molecule has 132 valence electrons. The molecule has 6 nitrogen and oxygen atoms in total. The molecule has 6 heteroatoms. The highest BCUT2D eigenvalue weighted by molar-refractivity contribution is 5.93. The van der Waals surface area contributed by atoms with Crippen LogP contribution in [0.4, 0.5) is 5.82 Å². The van der Waals surface area contributed by atoms with E-state index in [1.807, 2.05) is 36.4 Å². The number of carbonyl (C=O) groups is 1. The molecule has 2 heterocycles. The summed E-state index contributed by atoms with van der Waals surface area (Å²) in [7, 11) is 0. The second-order valence-corrected chi connectivity index (χ2v) is 6.27. The Morgan fingerprint density at radius 3 is 2.56 bits per heavy atom. The van der Waals surface area contributed by atoms with E-state index in [9.17, 15) is 4.79 Å². The summed E-state index contributed by atoms with van der Waals surface area (Å²) in [6, 6.07) is 13.3. The van der Waals surface area contributed by atoms with E-state index in [0.29, 0.717) is 12.2 Å². The first kappa shape index (κ1) is 17.4. The van der Waals surface area contributed by atoms with Gasteiger partial charge in [0.05, 0.1) is 24.4 Å². The Bertz CT molecular complexity index is 681. The molecule has 1 amide bonds. The largest absolute Gasteiger partial charge is 0.372 e. The fraction of sp³-hybridized carbons (Fsp3) is 0.368. The second kappa shape index (κ2) is 8.09. The van der Waals surface area contributed by atoms with Gasteiger partial charge < -0.3 is 9.64 Å². The van der Waals surface area contributed by atoms with E-state index < -0.39 is 0 Å². The van der Waals surface area contributed by atoms with E-state index >= 15 is 0 Å². The third kappa shape index (κ3) is 4.78. The highest BCUT2D eigenvalue weighted by Gasteiger charge is 2.23. The molecule has 1 saturated heterocycles. The number of morpholine rings is 1. The summed E-state index contributed by atoms with van der Waals surface area (Å²) in [6.07, 6.45) is 1.90. The van der Waals surface area contributed by atoms with Gasteiger partial charge in [0, 0.05) is 19.3 Å². The van der Waals surface area contributed by atoms with Crippen molar-refractivity contribution in [3.05, 3.63) is 59.8 Å². The predicted octanol–water partition coefficient (Wildman–Crippen LogP) is 2.56. The van der Waals surface area contributed by atoms with Crippen LogP contribution in [0.15, 0.2) is 48.7 Å². The van der Waals surface area contributed by atoms with Crippen molar-refractivity contribution >= 4 is 11.7 Å². The SMILES string of the molecule is C[C@@H]1CN(c2ccc(C(=O)NOCc3ccccc3)cn2)C[C@H](C)O1. The van der Waals surface area contributed by atoms with E-state index in [1.165, 1.54) is 0 Å². The zero-order chi connectivity index (χ0) is 17.6. The molecule has 3 rings (SSSR count). The van der Waals surface area contributed by atoms with Crippen molar-refractivity contribution in [3.8, 4) is 0 Å². The zero-order valence-corrected chi connectivity index (χ0v) is 14.5. The molecule has 1 aliphatic heterocycles. The maximum atomic E-state index is 12.1. The monoisotopic (exact) mass is 341 g/mol. The smallest absolute Gasteiger partial charge is 0.276 e. The average molecular weight is 341 g/mol. The summed E-state index contributed by atoms with van der Waals surface area (Å²) < 4.78 is 5.73. The molecule has 1 fully saturated rings. The van der Waals surface area contributed by atoms with Crippen molar-refractivity contribution in [1.29, 1.82) is 0 Å². The molecule has 1 aromatic heterocycles. The number of ether oxygens (including phenoxy) is 1. The van der Waals surface area contributed by atoms with Gasteiger partial charge in [-0.3, -0.25) is 9.63 Å². The molecule has 25 heavy (non-hydrogen) atoms. The Morgan fingerprint density at radius 1 is 1.20 bits per heavy atom. The van der Waals surface area contributed by atoms with Crippen molar-refractivity contribution in [2.24, 2.45) is 0 Å². The van der Waals surface area contributed by atoms with Gasteiger partial charge >= 0.3 is 0 Å². The lowest BCUT2D eigenvalue weighted by Crippen LogP contribution is -2.45. The normalized spacial score (nSPS) is 20.3. The van der Waals surface area contributed by atoms with Crippen LogP contribution in [0.3, 0.4) is 0 Å². The van der Waals surface area contributed by atoms with Gasteiger partial charge in [0.25, 0.3) is 5.91 Å². The van der Waals surface area contributed by atoms with Crippen LogP contribution in [0.2, 0.25) is 0 Å². The fourth-order valence-corrected chi connectivity index (χ4v) is 2.89. The first-order valence-corrected chi connectivity index (χ1v) is 8.44. The standard InChI is InChI=1S/C19H23N3O3/c1-14-11-22(12-15(2)25-14)18-9-8-17(10-20-18)19(23)21-24-13-16-6-4-3-5-7-16/h3-10,14-15H,11-13H2,1-2H3,(H,21,23)/t14-,15+. The minimum absolute atomic E-state index is 0.167. The predicted molar refractivity (Wildman–Crippen MR) is 95.2 cm³/mol. The van der Waals surface area contributed by atoms with Crippen molar-refractivity contribution in [2.45, 2.75) is 32.7 Å². The highest BCUT2D eigenvalue weighted by Crippen LogP contribution is 2.18. The first-order valence-electron chi connectivity index (χ1n) is 8.44. The average Bonchev–Trinajstić information content (AvgIpc) is 2.62. The lowest BCUT2D eigenvalue weighted by Gasteiger charge is -2.36. The third-order valence-corrected chi connectivity index (χ3v) is 4.00. The molecule has 1 N–H and O–H groups in total. The Hall–Kier alpha value is -2.44. The summed E-state index contributed by atoms with van der Waals surface area (Å²) in [6.45, 7) is 6.01. The quantitative estimate of drug-likeness (QED) is 0.847. The number of hydrogen-bond donors (Lipinski definition) is 1. The van der Waals surface area contributed by atoms with Crippen LogP contribution in [-0.2, 0) is 16.2 Å². The minimum Gasteiger partial charge on any atom is -0.372 e. The highest BCUT2D eigenvalue weighted by atomic mass is 16.6. The number of rotatable bonds is 5. The zero-order valence-electron chi connectivity index (χ0n) is 14.5. The molecule has 0 spiro atoms. The third-order valence-electron chi connectivity index (χ3n) is 4.00. The summed E-state index contributed by atoms with van der Waals surface area (Å²) in [4.78, 5) is 24.0. The molecule has 0 radical (unpaired) electrons. The number of aromatic nitrogens is 1. The molecule has 2 atom stereocenters. The maximum absolute atomic E-state index is 12.1. The lowest BCUT2D eigenvalue weighted by molar-refractivity contribution is -0.00547. The molecule has 1 aromatic carbocycles. The number of anilines is 1. The van der Waals surface area contributed by atoms with Crippen molar-refractivity contribution in [1.82, 2.24) is 10.5 Å². The topological polar surface area (TPSA) is 63.7 Å². The number of nitrogens with zero attached hydrogens (tertiary/aromatic N) is 2. The number of pyridine rings is 1. The second-order valence-electron chi connectivity index (χ2n) is 6.27. The molecule has 0 aliphatic carbocycles. The van der Waals surface area contributed by atoms with Crippen LogP contribution in [0.1, 0.15) is 29.8 Å². The summed E-state index contributed by atoms with van der Waals surface area (Å²) in [5.74, 6) is 0.544. The minimum atomic E-state index is -0.307. The van der Waals surface area contributed by atoms with Crippen LogP contribution >= 0.6 is 0 Å². The molecule has 0 saturated carbocycles. The number of hydroxylamine groups is 1. The van der Waals surface area contributed by atoms with E-state index in [1.54, 1.807) is 12.3 Å². The Labute approximate surface area is 147 Å². The molecule has 0 unspecified atom stereocenters. The van der Waals surface area contributed by atoms with Gasteiger partial charge in [0.15, 0.2) is 0 Å². The summed E-state index contributed by atoms with van der Waals surface area (Å²) in [5, 5.41) is 0. The molecular weight excluding hydrogens is 318 g/mol. The van der Waals surface area contributed by atoms with E-state index in [0.717, 1.165) is 24.5 Å². The molecule has 1 aliphatic rings. The van der Waals surface area contributed by atoms with Crippen LogP contribution < -0.4 is 10.4 Å². The van der Waals surface area contributed by atoms with Gasteiger partial charge in [-0.25, -0.2) is 10.5 Å². The summed E-state index contributed by atoms with van der Waals surface area (Å²) >= 11 is 0. The van der Waals surface area contributed by atoms with Crippen LogP contribution in [0.25, 0.3) is 0 Å². The van der Waals surface area contributed by atoms with E-state index in [2.05, 4.69) is 29.2 Å². The molecular formula is C19H23N3O3. The number of nitrogens with one attached hydrogen (secondary N) is 1. The van der Waals surface area contributed by atoms with Crippen LogP contribution in [0, 0.1) is 0 Å². The van der Waals surface area contributed by atoms with Crippen molar-refractivity contribution in [2.75, 3.05) is 18.0 Å². The van der Waals surface area contributed by atoms with Gasteiger partial charge in [-0.1, -0.05) is 30.3 Å². The number of amides is 1. The lowest BCUT2D eigenvalue weighted by atomic mass is 10.2. The van der Waals surface area contributed by atoms with E-state index in [-0.39, 0.29) is 18.1 Å². The maximum Gasteiger partial charge on any atom is 0.276 e. The van der Waals surface area contributed by atoms with E-state index in [4.69, 9.17) is 9.57 Å². The number of carbonyl (C=O) groups excluding carboxylic acids is 1. The fourth-order valence-electron chi connectivity index (χ4n) is 2.89. The van der Waals surface area contributed by atoms with Gasteiger partial charge in [0.2, 0.25) is 0 Å². The molecule has 0 bridgehead atoms. The number of benzene rings is 1. The first-order chi connectivity index (χ1) is 12.1. The Balaban J connectivity index is 1.53. The van der Waals surface area contributed by atoms with Crippen LogP contribution in [0.5, 0.6) is 0 Å². The molecule has 2 aromatic rings. The van der Waals surface area contributed by atoms with Gasteiger partial charge in [0.1, 0.15) is 5.82 Å². The van der Waals surface area contributed by atoms with Crippen molar-refractivity contribution in [3.63, 3.8) is 0 Å². The Kier molecular flexibility index (Phi) is 5.63. The van der Waals surface area contributed by atoms with Crippen molar-refractivity contribution < 1.29 is 14.4 Å². The van der Waals surface area contributed by atoms with Gasteiger partial charge in [-0.15, -0.1) is 0 Å². The van der Waals surface area contributed by atoms with Gasteiger partial charge in [-0.05, 0) is 31.5 Å². The summed E-state index contributed by atoms with van der Waals surface area (Å²) in [5.41, 5.74) is 3.90. The van der Waals surface area contributed by atoms with Crippen LogP contribution in [-0.4, -0.2) is 36.2 Å². The number of hydrogen-bond acceptors (Lipinski definition) is 5.